The Morgan fingerprint density at radius 2 is 1.22 bits per heavy atom. The summed E-state index contributed by atoms with van der Waals surface area (Å²) >= 11 is 26.7. The van der Waals surface area contributed by atoms with E-state index in [9.17, 15) is 0 Å². The average Bonchev–Trinajstić information content (AvgIpc) is 2.41. The molecule has 2 fully saturated rings. The number of allylic oxidation sites excluding steroid dienone is 4. The Kier molecular flexibility index (Phi) is 2.50. The lowest BCUT2D eigenvalue weighted by molar-refractivity contribution is 0.0269. The number of hydrogen-bond acceptors (Lipinski definition) is 0. The molecule has 6 aliphatic rings. The summed E-state index contributed by atoms with van der Waals surface area (Å²) in [5.41, 5.74) is 0. The van der Waals surface area contributed by atoms with Crippen molar-refractivity contribution in [3.8, 4) is 0 Å². The third-order valence-corrected chi connectivity index (χ3v) is 8.18. The maximum absolute atomic E-state index is 6.91. The van der Waals surface area contributed by atoms with Crippen molar-refractivity contribution in [1.82, 2.24) is 0 Å². The van der Waals surface area contributed by atoms with Gasteiger partial charge in [0, 0.05) is 0 Å². The van der Waals surface area contributed by atoms with Crippen LogP contribution in [-0.2, 0) is 0 Å². The summed E-state index contributed by atoms with van der Waals surface area (Å²) in [6.07, 6.45) is 8.80. The lowest BCUT2D eigenvalue weighted by atomic mass is 9.48. The Morgan fingerprint density at radius 3 is 1.56 bits per heavy atom. The highest BCUT2D eigenvalue weighted by molar-refractivity contribution is 6.49. The molecule has 0 radical (unpaired) electrons. The molecule has 0 amide bonds. The van der Waals surface area contributed by atoms with Crippen molar-refractivity contribution in [2.24, 2.45) is 23.7 Å². The van der Waals surface area contributed by atoms with Gasteiger partial charge in [-0.15, -0.1) is 23.2 Å². The highest BCUT2D eigenvalue weighted by atomic mass is 35.5. The first-order chi connectivity index (χ1) is 8.48. The van der Waals surface area contributed by atoms with Crippen LogP contribution in [0.2, 0.25) is 0 Å². The predicted octanol–water partition coefficient (Wildman–Crippen LogP) is 5.27. The number of fused-ring (bicyclic) bond motifs is 2. The topological polar surface area (TPSA) is 0 Å². The molecule has 0 unspecified atom stereocenters. The molecule has 2 saturated carbocycles. The molecule has 4 heteroatoms. The van der Waals surface area contributed by atoms with Crippen molar-refractivity contribution in [2.45, 2.75) is 35.4 Å². The number of hydrogen-bond donors (Lipinski definition) is 0. The molecule has 0 aromatic rings. The van der Waals surface area contributed by atoms with Gasteiger partial charge in [-0.1, -0.05) is 35.4 Å². The van der Waals surface area contributed by atoms with E-state index in [1.165, 1.54) is 12.8 Å². The minimum atomic E-state index is -0.464. The number of halogens is 4. The monoisotopic (exact) mass is 322 g/mol. The van der Waals surface area contributed by atoms with Gasteiger partial charge in [-0.2, -0.15) is 0 Å². The molecule has 18 heavy (non-hydrogen) atoms. The minimum absolute atomic E-state index is 0.365. The van der Waals surface area contributed by atoms with E-state index in [0.29, 0.717) is 33.7 Å². The van der Waals surface area contributed by atoms with Gasteiger partial charge in [0.25, 0.3) is 0 Å². The molecule has 0 spiro atoms. The lowest BCUT2D eigenvalue weighted by Crippen LogP contribution is -2.63. The van der Waals surface area contributed by atoms with Crippen LogP contribution in [0, 0.1) is 23.7 Å². The zero-order chi connectivity index (χ0) is 12.7. The van der Waals surface area contributed by atoms with E-state index in [2.05, 4.69) is 12.2 Å². The summed E-state index contributed by atoms with van der Waals surface area (Å²) < 4.78 is 0. The van der Waals surface area contributed by atoms with E-state index < -0.39 is 9.75 Å². The van der Waals surface area contributed by atoms with Crippen molar-refractivity contribution in [1.29, 1.82) is 0 Å². The van der Waals surface area contributed by atoms with Gasteiger partial charge in [-0.3, -0.25) is 0 Å². The molecule has 6 aliphatic carbocycles. The van der Waals surface area contributed by atoms with E-state index >= 15 is 0 Å². The molecular weight excluding hydrogens is 310 g/mol. The smallest absolute Gasteiger partial charge is 0.0851 e. The highest BCUT2D eigenvalue weighted by Gasteiger charge is 2.67. The van der Waals surface area contributed by atoms with Gasteiger partial charge in [-0.25, -0.2) is 0 Å². The Labute approximate surface area is 127 Å². The van der Waals surface area contributed by atoms with Crippen LogP contribution in [0.5, 0.6) is 0 Å². The second-order valence-corrected chi connectivity index (χ2v) is 8.30. The Bertz CT molecular complexity index is 440. The normalized spacial score (nSPS) is 57.1. The third kappa shape index (κ3) is 1.23. The first kappa shape index (κ1) is 12.4. The van der Waals surface area contributed by atoms with Crippen LogP contribution in [0.15, 0.2) is 22.2 Å². The molecule has 6 rings (SSSR count). The molecule has 0 saturated heterocycles. The molecule has 0 aromatic heterocycles. The molecule has 0 nitrogen and oxygen atoms in total. The number of rotatable bonds is 0. The van der Waals surface area contributed by atoms with Crippen molar-refractivity contribution >= 4 is 46.4 Å². The first-order valence-electron chi connectivity index (χ1n) is 6.61. The van der Waals surface area contributed by atoms with E-state index in [-0.39, 0.29) is 0 Å². The molecule has 0 N–H and O–H groups in total. The van der Waals surface area contributed by atoms with Crippen LogP contribution in [0.3, 0.4) is 0 Å². The van der Waals surface area contributed by atoms with Crippen LogP contribution in [-0.4, -0.2) is 9.75 Å². The maximum Gasteiger partial charge on any atom is 0.0851 e. The zero-order valence-corrected chi connectivity index (χ0v) is 12.8. The standard InChI is InChI=1S/C14H14Cl4/c15-11-12(16)14(18)6-5-13(11,17)9-7-1-2-8(4-3-7)10(9)14/h1-2,7-10H,3-6H2/t7-,8+,9-,10+,13-,14+. The Morgan fingerprint density at radius 1 is 0.833 bits per heavy atom. The molecule has 4 bridgehead atoms. The van der Waals surface area contributed by atoms with Crippen LogP contribution in [0.25, 0.3) is 0 Å². The van der Waals surface area contributed by atoms with Crippen LogP contribution < -0.4 is 0 Å². The van der Waals surface area contributed by atoms with Gasteiger partial charge in [-0.05, 0) is 49.4 Å². The fourth-order valence-electron chi connectivity index (χ4n) is 4.82. The highest BCUT2D eigenvalue weighted by Crippen LogP contribution is 2.70. The SMILES string of the molecule is ClC1=C(Cl)[C@@]2(Cl)CC[C@]1(Cl)[C@@H]1[C@H]2[C@@H]2C=C[C@H]1CC2. The first-order valence-corrected chi connectivity index (χ1v) is 8.12. The van der Waals surface area contributed by atoms with E-state index in [4.69, 9.17) is 46.4 Å². The van der Waals surface area contributed by atoms with Gasteiger partial charge < -0.3 is 0 Å². The van der Waals surface area contributed by atoms with Crippen LogP contribution in [0.1, 0.15) is 25.7 Å². The minimum Gasteiger partial charge on any atom is -0.113 e. The quantitative estimate of drug-likeness (QED) is 0.421. The van der Waals surface area contributed by atoms with Gasteiger partial charge in [0.2, 0.25) is 0 Å². The maximum atomic E-state index is 6.91. The predicted molar refractivity (Wildman–Crippen MR) is 77.5 cm³/mol. The summed E-state index contributed by atoms with van der Waals surface area (Å²) in [5, 5.41) is 1.24. The number of alkyl halides is 2. The summed E-state index contributed by atoms with van der Waals surface area (Å²) in [6, 6.07) is 0. The molecule has 0 heterocycles. The molecule has 6 atom stereocenters. The molecular formula is C14H14Cl4. The van der Waals surface area contributed by atoms with Gasteiger partial charge >= 0.3 is 0 Å². The molecule has 0 aromatic carbocycles. The lowest BCUT2D eigenvalue weighted by Gasteiger charge is -2.63. The fraction of sp³-hybridized carbons (Fsp3) is 0.714. The largest absolute Gasteiger partial charge is 0.113 e. The van der Waals surface area contributed by atoms with Crippen molar-refractivity contribution in [3.63, 3.8) is 0 Å². The molecule has 0 aliphatic heterocycles. The Hall–Kier alpha value is 0.640. The van der Waals surface area contributed by atoms with Crippen molar-refractivity contribution in [2.75, 3.05) is 0 Å². The van der Waals surface area contributed by atoms with Crippen molar-refractivity contribution in [3.05, 3.63) is 22.2 Å². The van der Waals surface area contributed by atoms with Gasteiger partial charge in [0.15, 0.2) is 0 Å². The third-order valence-electron chi connectivity index (χ3n) is 5.58. The fourth-order valence-corrected chi connectivity index (χ4v) is 6.66. The Balaban J connectivity index is 1.96. The second-order valence-electron chi connectivity index (χ2n) is 6.19. The van der Waals surface area contributed by atoms with Crippen molar-refractivity contribution < 1.29 is 0 Å². The summed E-state index contributed by atoms with van der Waals surface area (Å²) in [7, 11) is 0. The van der Waals surface area contributed by atoms with Crippen LogP contribution in [0.4, 0.5) is 0 Å². The summed E-state index contributed by atoms with van der Waals surface area (Å²) in [6.45, 7) is 0. The average molecular weight is 324 g/mol. The second kappa shape index (κ2) is 3.64. The van der Waals surface area contributed by atoms with Crippen LogP contribution >= 0.6 is 46.4 Å². The zero-order valence-electron chi connectivity index (χ0n) is 9.80. The summed E-state index contributed by atoms with van der Waals surface area (Å²) in [4.78, 5) is -0.928. The van der Waals surface area contributed by atoms with Gasteiger partial charge in [0.05, 0.1) is 19.8 Å². The van der Waals surface area contributed by atoms with E-state index in [0.717, 1.165) is 12.8 Å². The summed E-state index contributed by atoms with van der Waals surface area (Å²) in [5.74, 6) is 1.78. The van der Waals surface area contributed by atoms with E-state index in [1.807, 2.05) is 0 Å². The van der Waals surface area contributed by atoms with E-state index in [1.54, 1.807) is 0 Å². The molecule has 98 valence electrons. The van der Waals surface area contributed by atoms with Gasteiger partial charge in [0.1, 0.15) is 0 Å².